The summed E-state index contributed by atoms with van der Waals surface area (Å²) in [7, 11) is 0. The van der Waals surface area contributed by atoms with Crippen LogP contribution in [0.4, 0.5) is 0 Å². The largest absolute Gasteiger partial charge is 0.395 e. The summed E-state index contributed by atoms with van der Waals surface area (Å²) in [5.74, 6) is 0.659. The molecule has 100 valence electrons. The maximum atomic E-state index is 9.64. The molecule has 0 spiro atoms. The first-order valence-electron chi connectivity index (χ1n) is 6.26. The maximum absolute atomic E-state index is 9.64. The van der Waals surface area contributed by atoms with Crippen molar-refractivity contribution in [2.45, 2.75) is 18.3 Å². The molecule has 1 saturated carbocycles. The standard InChI is InChI=1S/C14H19ClO3/c15-13-4-2-1-3-12(13)14(8-16,9-17)10-18-7-11-5-6-11/h1-4,11,16-17H,5-10H2. The lowest BCUT2D eigenvalue weighted by atomic mass is 9.82. The van der Waals surface area contributed by atoms with E-state index in [0.717, 1.165) is 5.56 Å². The Morgan fingerprint density at radius 2 is 1.89 bits per heavy atom. The molecule has 2 rings (SSSR count). The average Bonchev–Trinajstić information content (AvgIpc) is 3.20. The van der Waals surface area contributed by atoms with E-state index in [1.807, 2.05) is 18.2 Å². The smallest absolute Gasteiger partial charge is 0.0662 e. The van der Waals surface area contributed by atoms with Crippen molar-refractivity contribution in [2.75, 3.05) is 26.4 Å². The number of rotatable bonds is 7. The molecule has 0 radical (unpaired) electrons. The number of hydrogen-bond donors (Lipinski definition) is 2. The summed E-state index contributed by atoms with van der Waals surface area (Å²) in [6.45, 7) is 0.627. The highest BCUT2D eigenvalue weighted by Gasteiger charge is 2.34. The van der Waals surface area contributed by atoms with Crippen molar-refractivity contribution in [1.29, 1.82) is 0 Å². The second kappa shape index (κ2) is 6.02. The van der Waals surface area contributed by atoms with E-state index >= 15 is 0 Å². The van der Waals surface area contributed by atoms with E-state index in [-0.39, 0.29) is 13.2 Å². The first kappa shape index (κ1) is 13.8. The Morgan fingerprint density at radius 1 is 1.22 bits per heavy atom. The van der Waals surface area contributed by atoms with Gasteiger partial charge in [0.2, 0.25) is 0 Å². The number of ether oxygens (including phenoxy) is 1. The van der Waals surface area contributed by atoms with Crippen LogP contribution >= 0.6 is 11.6 Å². The molecule has 1 aromatic rings. The van der Waals surface area contributed by atoms with Gasteiger partial charge in [0, 0.05) is 11.6 Å². The molecule has 2 N–H and O–H groups in total. The molecular weight excluding hydrogens is 252 g/mol. The number of aliphatic hydroxyl groups is 2. The normalized spacial score (nSPS) is 15.9. The Labute approximate surface area is 112 Å². The molecule has 0 aliphatic heterocycles. The van der Waals surface area contributed by atoms with Crippen LogP contribution in [0.15, 0.2) is 24.3 Å². The molecule has 4 heteroatoms. The van der Waals surface area contributed by atoms with E-state index in [2.05, 4.69) is 0 Å². The van der Waals surface area contributed by atoms with E-state index in [9.17, 15) is 10.2 Å². The molecule has 0 unspecified atom stereocenters. The van der Waals surface area contributed by atoms with Crippen molar-refractivity contribution in [3.63, 3.8) is 0 Å². The van der Waals surface area contributed by atoms with Crippen LogP contribution in [-0.2, 0) is 10.2 Å². The molecule has 0 heterocycles. The van der Waals surface area contributed by atoms with Crippen LogP contribution in [0.3, 0.4) is 0 Å². The fourth-order valence-electron chi connectivity index (χ4n) is 1.99. The second-order valence-corrected chi connectivity index (χ2v) is 5.44. The van der Waals surface area contributed by atoms with Crippen molar-refractivity contribution in [2.24, 2.45) is 5.92 Å². The van der Waals surface area contributed by atoms with Crippen LogP contribution in [0.1, 0.15) is 18.4 Å². The molecular formula is C14H19ClO3. The maximum Gasteiger partial charge on any atom is 0.0662 e. The van der Waals surface area contributed by atoms with Gasteiger partial charge in [-0.3, -0.25) is 0 Å². The quantitative estimate of drug-likeness (QED) is 0.797. The summed E-state index contributed by atoms with van der Waals surface area (Å²) in [5, 5.41) is 19.8. The summed E-state index contributed by atoms with van der Waals surface area (Å²) in [6.07, 6.45) is 2.44. The molecule has 0 bridgehead atoms. The van der Waals surface area contributed by atoms with Crippen LogP contribution in [0.5, 0.6) is 0 Å². The van der Waals surface area contributed by atoms with E-state index in [1.54, 1.807) is 6.07 Å². The highest BCUT2D eigenvalue weighted by molar-refractivity contribution is 6.31. The van der Waals surface area contributed by atoms with Crippen LogP contribution in [0.2, 0.25) is 5.02 Å². The van der Waals surface area contributed by atoms with Gasteiger partial charge in [0.1, 0.15) is 0 Å². The van der Waals surface area contributed by atoms with Gasteiger partial charge in [-0.2, -0.15) is 0 Å². The zero-order valence-electron chi connectivity index (χ0n) is 10.3. The van der Waals surface area contributed by atoms with Gasteiger partial charge in [-0.1, -0.05) is 29.8 Å². The third kappa shape index (κ3) is 3.04. The number of hydrogen-bond acceptors (Lipinski definition) is 3. The van der Waals surface area contributed by atoms with Crippen molar-refractivity contribution < 1.29 is 14.9 Å². The van der Waals surface area contributed by atoms with Gasteiger partial charge in [0.15, 0.2) is 0 Å². The van der Waals surface area contributed by atoms with E-state index in [0.29, 0.717) is 24.2 Å². The summed E-state index contributed by atoms with van der Waals surface area (Å²) < 4.78 is 5.64. The Kier molecular flexibility index (Phi) is 4.62. The lowest BCUT2D eigenvalue weighted by Crippen LogP contribution is -2.40. The first-order valence-corrected chi connectivity index (χ1v) is 6.64. The fraction of sp³-hybridized carbons (Fsp3) is 0.571. The summed E-state index contributed by atoms with van der Waals surface area (Å²) in [6, 6.07) is 7.27. The third-order valence-electron chi connectivity index (χ3n) is 3.48. The number of aliphatic hydroxyl groups excluding tert-OH is 2. The van der Waals surface area contributed by atoms with E-state index in [1.165, 1.54) is 12.8 Å². The predicted octanol–water partition coefficient (Wildman–Crippen LogP) is 1.99. The Hall–Kier alpha value is -0.610. The summed E-state index contributed by atoms with van der Waals surface area (Å²) in [5.41, 5.74) is -0.0692. The van der Waals surface area contributed by atoms with Gasteiger partial charge < -0.3 is 14.9 Å². The minimum absolute atomic E-state index is 0.183. The fourth-order valence-corrected chi connectivity index (χ4v) is 2.32. The molecule has 3 nitrogen and oxygen atoms in total. The first-order chi connectivity index (χ1) is 8.72. The van der Waals surface area contributed by atoms with Gasteiger partial charge in [0.25, 0.3) is 0 Å². The zero-order valence-corrected chi connectivity index (χ0v) is 11.1. The summed E-state index contributed by atoms with van der Waals surface area (Å²) in [4.78, 5) is 0. The zero-order chi connectivity index (χ0) is 13.0. The van der Waals surface area contributed by atoms with Crippen LogP contribution < -0.4 is 0 Å². The monoisotopic (exact) mass is 270 g/mol. The molecule has 0 amide bonds. The predicted molar refractivity (Wildman–Crippen MR) is 70.8 cm³/mol. The van der Waals surface area contributed by atoms with Gasteiger partial charge in [-0.15, -0.1) is 0 Å². The third-order valence-corrected chi connectivity index (χ3v) is 3.81. The molecule has 0 saturated heterocycles. The Morgan fingerprint density at radius 3 is 2.44 bits per heavy atom. The highest BCUT2D eigenvalue weighted by atomic mass is 35.5. The molecule has 1 fully saturated rings. The van der Waals surface area contributed by atoms with Gasteiger partial charge in [0.05, 0.1) is 25.2 Å². The topological polar surface area (TPSA) is 49.7 Å². The molecule has 0 atom stereocenters. The Bertz CT molecular complexity index is 386. The van der Waals surface area contributed by atoms with Gasteiger partial charge in [-0.05, 0) is 30.4 Å². The lowest BCUT2D eigenvalue weighted by molar-refractivity contribution is 0.0165. The van der Waals surface area contributed by atoms with Crippen LogP contribution in [0, 0.1) is 5.92 Å². The van der Waals surface area contributed by atoms with Gasteiger partial charge >= 0.3 is 0 Å². The molecule has 1 aliphatic rings. The van der Waals surface area contributed by atoms with Crippen molar-refractivity contribution in [3.8, 4) is 0 Å². The van der Waals surface area contributed by atoms with Crippen molar-refractivity contribution >= 4 is 11.6 Å². The number of halogens is 1. The SMILES string of the molecule is OCC(CO)(COCC1CC1)c1ccccc1Cl. The van der Waals surface area contributed by atoms with Crippen LogP contribution in [0.25, 0.3) is 0 Å². The Balaban J connectivity index is 2.11. The highest BCUT2D eigenvalue weighted by Crippen LogP contribution is 2.32. The second-order valence-electron chi connectivity index (χ2n) is 5.03. The summed E-state index contributed by atoms with van der Waals surface area (Å²) >= 11 is 6.14. The van der Waals surface area contributed by atoms with Crippen LogP contribution in [-0.4, -0.2) is 36.6 Å². The molecule has 18 heavy (non-hydrogen) atoms. The molecule has 0 aromatic heterocycles. The van der Waals surface area contributed by atoms with E-state index < -0.39 is 5.41 Å². The average molecular weight is 271 g/mol. The number of benzene rings is 1. The lowest BCUT2D eigenvalue weighted by Gasteiger charge is -2.31. The minimum atomic E-state index is -0.812. The molecule has 1 aromatic carbocycles. The van der Waals surface area contributed by atoms with E-state index in [4.69, 9.17) is 16.3 Å². The van der Waals surface area contributed by atoms with Crippen molar-refractivity contribution in [3.05, 3.63) is 34.9 Å². The molecule has 1 aliphatic carbocycles. The van der Waals surface area contributed by atoms with Crippen molar-refractivity contribution in [1.82, 2.24) is 0 Å². The minimum Gasteiger partial charge on any atom is -0.395 e. The van der Waals surface area contributed by atoms with Gasteiger partial charge in [-0.25, -0.2) is 0 Å².